The lowest BCUT2D eigenvalue weighted by Crippen LogP contribution is -3.13. The first-order chi connectivity index (χ1) is 12.6. The van der Waals surface area contributed by atoms with Gasteiger partial charge in [-0.3, -0.25) is 9.59 Å². The Balaban J connectivity index is 1.40. The third-order valence-corrected chi connectivity index (χ3v) is 5.50. The van der Waals surface area contributed by atoms with Crippen LogP contribution in [0.5, 0.6) is 0 Å². The summed E-state index contributed by atoms with van der Waals surface area (Å²) >= 11 is 1.46. The molecular formula is C18H20N5O2S+. The van der Waals surface area contributed by atoms with Crippen molar-refractivity contribution in [2.45, 2.75) is 13.5 Å². The number of nitrogens with one attached hydrogen (secondary N) is 1. The highest BCUT2D eigenvalue weighted by Gasteiger charge is 2.25. The Morgan fingerprint density at radius 2 is 1.96 bits per heavy atom. The van der Waals surface area contributed by atoms with Crippen molar-refractivity contribution < 1.29 is 9.69 Å². The van der Waals surface area contributed by atoms with Gasteiger partial charge in [0.05, 0.1) is 26.2 Å². The van der Waals surface area contributed by atoms with E-state index in [0.29, 0.717) is 10.7 Å². The second-order valence-corrected chi connectivity index (χ2v) is 7.55. The first kappa shape index (κ1) is 16.9. The molecule has 0 radical (unpaired) electrons. The van der Waals surface area contributed by atoms with Gasteiger partial charge in [0, 0.05) is 17.3 Å². The molecule has 1 N–H and O–H groups in total. The van der Waals surface area contributed by atoms with E-state index in [4.69, 9.17) is 0 Å². The van der Waals surface area contributed by atoms with Gasteiger partial charge in [0.15, 0.2) is 5.01 Å². The molecule has 0 spiro atoms. The molecule has 0 aliphatic carbocycles. The van der Waals surface area contributed by atoms with Crippen LogP contribution >= 0.6 is 11.3 Å². The number of carbonyl (C=O) groups excluding carboxylic acids is 1. The van der Waals surface area contributed by atoms with E-state index in [9.17, 15) is 9.59 Å². The number of piperazine rings is 1. The molecule has 0 saturated carbocycles. The van der Waals surface area contributed by atoms with Crippen molar-refractivity contribution in [2.24, 2.45) is 0 Å². The zero-order valence-electron chi connectivity index (χ0n) is 14.5. The molecule has 2 aromatic heterocycles. The van der Waals surface area contributed by atoms with Gasteiger partial charge in [0.1, 0.15) is 6.54 Å². The minimum absolute atomic E-state index is 0.0934. The second kappa shape index (κ2) is 6.97. The lowest BCUT2D eigenvalue weighted by molar-refractivity contribution is -0.917. The number of hydrogen-bond acceptors (Lipinski definition) is 5. The summed E-state index contributed by atoms with van der Waals surface area (Å²) in [6, 6.07) is 10.9. The van der Waals surface area contributed by atoms with Crippen molar-refractivity contribution in [1.82, 2.24) is 19.5 Å². The van der Waals surface area contributed by atoms with Crippen molar-refractivity contribution in [3.63, 3.8) is 0 Å². The Morgan fingerprint density at radius 1 is 1.23 bits per heavy atom. The Bertz CT molecular complexity index is 990. The second-order valence-electron chi connectivity index (χ2n) is 6.51. The zero-order chi connectivity index (χ0) is 18.1. The van der Waals surface area contributed by atoms with Crippen LogP contribution in [0.3, 0.4) is 0 Å². The largest absolute Gasteiger partial charge is 0.327 e. The van der Waals surface area contributed by atoms with Gasteiger partial charge in [-0.15, -0.1) is 0 Å². The zero-order valence-corrected chi connectivity index (χ0v) is 15.3. The highest BCUT2D eigenvalue weighted by molar-refractivity contribution is 7.16. The number of carbonyl (C=O) groups is 1. The fraction of sp³-hybridized carbons (Fsp3) is 0.333. The maximum absolute atomic E-state index is 12.5. The Kier molecular flexibility index (Phi) is 4.52. The Hall–Kier alpha value is -2.58. The van der Waals surface area contributed by atoms with Crippen molar-refractivity contribution in [2.75, 3.05) is 26.2 Å². The molecule has 1 aromatic carbocycles. The number of quaternary nitrogens is 1. The predicted molar refractivity (Wildman–Crippen MR) is 98.6 cm³/mol. The number of hydrogen-bond donors (Lipinski definition) is 1. The molecule has 1 saturated heterocycles. The van der Waals surface area contributed by atoms with Gasteiger partial charge >= 0.3 is 0 Å². The van der Waals surface area contributed by atoms with Gasteiger partial charge in [0.2, 0.25) is 4.96 Å². The van der Waals surface area contributed by atoms with Crippen LogP contribution in [0.1, 0.15) is 21.1 Å². The van der Waals surface area contributed by atoms with E-state index in [1.165, 1.54) is 26.8 Å². The quantitative estimate of drug-likeness (QED) is 0.705. The monoisotopic (exact) mass is 370 g/mol. The molecule has 0 bridgehead atoms. The van der Waals surface area contributed by atoms with Gasteiger partial charge in [-0.2, -0.15) is 9.61 Å². The molecule has 7 nitrogen and oxygen atoms in total. The van der Waals surface area contributed by atoms with Gasteiger partial charge in [0.25, 0.3) is 11.5 Å². The molecule has 1 aliphatic rings. The average molecular weight is 370 g/mol. The summed E-state index contributed by atoms with van der Waals surface area (Å²) in [5.41, 5.74) is 1.32. The van der Waals surface area contributed by atoms with Crippen molar-refractivity contribution in [1.29, 1.82) is 0 Å². The molecule has 0 unspecified atom stereocenters. The fourth-order valence-corrected chi connectivity index (χ4v) is 4.23. The number of nitrogens with zero attached hydrogens (tertiary/aromatic N) is 4. The highest BCUT2D eigenvalue weighted by Crippen LogP contribution is 2.10. The maximum atomic E-state index is 12.5. The minimum Gasteiger partial charge on any atom is -0.327 e. The Morgan fingerprint density at radius 3 is 2.69 bits per heavy atom. The molecule has 134 valence electrons. The summed E-state index contributed by atoms with van der Waals surface area (Å²) < 4.78 is 1.38. The standard InChI is InChI=1S/C18H19N5O2S/c1-13-11-16(24)23-18(19-13)26-15(20-23)12-21-7-9-22(10-8-21)17(25)14-5-3-2-4-6-14/h2-6,11H,7-10,12H2,1H3/p+1. The summed E-state index contributed by atoms with van der Waals surface area (Å²) in [7, 11) is 0. The summed E-state index contributed by atoms with van der Waals surface area (Å²) in [4.78, 5) is 32.8. The lowest BCUT2D eigenvalue weighted by Gasteiger charge is -2.31. The molecule has 1 fully saturated rings. The third kappa shape index (κ3) is 3.38. The van der Waals surface area contributed by atoms with E-state index in [1.807, 2.05) is 42.2 Å². The number of benzene rings is 1. The molecule has 26 heavy (non-hydrogen) atoms. The fourth-order valence-electron chi connectivity index (χ4n) is 3.21. The topological polar surface area (TPSA) is 72.0 Å². The third-order valence-electron chi connectivity index (χ3n) is 4.59. The van der Waals surface area contributed by atoms with Gasteiger partial charge < -0.3 is 9.80 Å². The van der Waals surface area contributed by atoms with E-state index in [2.05, 4.69) is 10.1 Å². The molecule has 1 amide bonds. The maximum Gasteiger partial charge on any atom is 0.275 e. The minimum atomic E-state index is -0.136. The SMILES string of the molecule is Cc1cc(=O)n2nc(C[NH+]3CCN(C(=O)c4ccccc4)CC3)sc2n1. The van der Waals surface area contributed by atoms with Crippen LogP contribution in [0.4, 0.5) is 0 Å². The van der Waals surface area contributed by atoms with Crippen LogP contribution < -0.4 is 10.5 Å². The summed E-state index contributed by atoms with van der Waals surface area (Å²) in [5.74, 6) is 0.0934. The van der Waals surface area contributed by atoms with Gasteiger partial charge in [-0.1, -0.05) is 29.5 Å². The normalized spacial score (nSPS) is 15.5. The van der Waals surface area contributed by atoms with Crippen LogP contribution in [0.2, 0.25) is 0 Å². The summed E-state index contributed by atoms with van der Waals surface area (Å²) in [6.45, 7) is 5.76. The predicted octanol–water partition coefficient (Wildman–Crippen LogP) is 0.000320. The van der Waals surface area contributed by atoms with Crippen LogP contribution in [0.15, 0.2) is 41.2 Å². The van der Waals surface area contributed by atoms with E-state index in [0.717, 1.165) is 43.3 Å². The van der Waals surface area contributed by atoms with Crippen LogP contribution in [0.25, 0.3) is 4.96 Å². The molecule has 3 aromatic rings. The molecule has 3 heterocycles. The van der Waals surface area contributed by atoms with Gasteiger partial charge in [-0.05, 0) is 19.1 Å². The van der Waals surface area contributed by atoms with Crippen LogP contribution in [-0.4, -0.2) is 51.6 Å². The van der Waals surface area contributed by atoms with Gasteiger partial charge in [-0.25, -0.2) is 4.98 Å². The number of rotatable bonds is 3. The van der Waals surface area contributed by atoms with E-state index in [1.54, 1.807) is 0 Å². The summed E-state index contributed by atoms with van der Waals surface area (Å²) in [6.07, 6.45) is 0. The highest BCUT2D eigenvalue weighted by atomic mass is 32.1. The number of fused-ring (bicyclic) bond motifs is 1. The lowest BCUT2D eigenvalue weighted by atomic mass is 10.2. The van der Waals surface area contributed by atoms with Crippen LogP contribution in [-0.2, 0) is 6.54 Å². The van der Waals surface area contributed by atoms with Crippen molar-refractivity contribution >= 4 is 22.2 Å². The van der Waals surface area contributed by atoms with E-state index in [-0.39, 0.29) is 11.5 Å². The molecular weight excluding hydrogens is 350 g/mol. The first-order valence-electron chi connectivity index (χ1n) is 8.64. The van der Waals surface area contributed by atoms with Crippen molar-refractivity contribution in [3.05, 3.63) is 63.0 Å². The first-order valence-corrected chi connectivity index (χ1v) is 9.46. The molecule has 0 atom stereocenters. The molecule has 4 rings (SSSR count). The molecule has 1 aliphatic heterocycles. The Labute approximate surface area is 154 Å². The smallest absolute Gasteiger partial charge is 0.275 e. The summed E-state index contributed by atoms with van der Waals surface area (Å²) in [5, 5.41) is 5.31. The van der Waals surface area contributed by atoms with Crippen LogP contribution in [0, 0.1) is 6.92 Å². The number of aromatic nitrogens is 3. The number of aryl methyl sites for hydroxylation is 1. The molecule has 8 heteroatoms. The van der Waals surface area contributed by atoms with Crippen molar-refractivity contribution in [3.8, 4) is 0 Å². The van der Waals surface area contributed by atoms with E-state index < -0.39 is 0 Å². The average Bonchev–Trinajstić information content (AvgIpc) is 3.05. The number of amides is 1. The van der Waals surface area contributed by atoms with E-state index >= 15 is 0 Å².